The van der Waals surface area contributed by atoms with Crippen LogP contribution in [0.5, 0.6) is 0 Å². The molecule has 57 heavy (non-hydrogen) atoms. The first-order valence-corrected chi connectivity index (χ1v) is 19.7. The van der Waals surface area contributed by atoms with E-state index in [0.717, 1.165) is 21.6 Å². The number of carboxylic acid groups (broad SMARTS) is 1. The lowest BCUT2D eigenvalue weighted by atomic mass is 9.77. The van der Waals surface area contributed by atoms with Gasteiger partial charge in [-0.25, -0.2) is 14.6 Å². The van der Waals surface area contributed by atoms with Crippen molar-refractivity contribution < 1.29 is 33.9 Å². The van der Waals surface area contributed by atoms with E-state index in [1.54, 1.807) is 26.2 Å². The van der Waals surface area contributed by atoms with Crippen molar-refractivity contribution in [2.75, 3.05) is 17.6 Å². The van der Waals surface area contributed by atoms with Crippen molar-refractivity contribution >= 4 is 57.7 Å². The van der Waals surface area contributed by atoms with Gasteiger partial charge in [0.05, 0.1) is 6.54 Å². The Morgan fingerprint density at radius 2 is 1.51 bits per heavy atom. The van der Waals surface area contributed by atoms with Gasteiger partial charge in [0.2, 0.25) is 5.60 Å². The fraction of sp³-hybridized carbons (Fsp3) is 0.300. The van der Waals surface area contributed by atoms with E-state index >= 15 is 0 Å². The summed E-state index contributed by atoms with van der Waals surface area (Å²) in [7, 11) is 0. The van der Waals surface area contributed by atoms with Gasteiger partial charge in [0.1, 0.15) is 33.9 Å². The third kappa shape index (κ3) is 8.50. The monoisotopic (exact) mass is 808 g/mol. The summed E-state index contributed by atoms with van der Waals surface area (Å²) in [6, 6.07) is 28.5. The zero-order valence-corrected chi connectivity index (χ0v) is 33.3. The molecule has 2 amide bonds. The lowest BCUT2D eigenvalue weighted by Gasteiger charge is -2.49. The first-order valence-electron chi connectivity index (χ1n) is 17.8. The number of benzene rings is 3. The summed E-state index contributed by atoms with van der Waals surface area (Å²) in [5.74, 6) is -3.47. The second-order valence-corrected chi connectivity index (χ2v) is 16.5. The molecule has 1 unspecified atom stereocenters. The van der Waals surface area contributed by atoms with Crippen molar-refractivity contribution in [1.29, 1.82) is 0 Å². The Bertz CT molecular complexity index is 2170. The number of esters is 1. The number of amides is 2. The number of aromatic nitrogens is 1. The van der Waals surface area contributed by atoms with Crippen LogP contribution in [0, 0.1) is 0 Å². The van der Waals surface area contributed by atoms with Crippen LogP contribution in [0.1, 0.15) is 57.0 Å². The van der Waals surface area contributed by atoms with Crippen molar-refractivity contribution in [3.05, 3.63) is 140 Å². The smallest absolute Gasteiger partial charge is 0.353 e. The van der Waals surface area contributed by atoms with Gasteiger partial charge in [-0.2, -0.15) is 0 Å². The maximum absolute atomic E-state index is 14.2. The SMILES string of the molecule is CC(C)(C)OC(=O)C(C)(C)O/N=C(\C(=O)NC1C(=O)N2C(C(=O)O)=C(CN=[N+]=[N-])CS[C@H]12)c1csc(NC(c2ccccc2)(c2ccccc2)c2ccccc2)n1. The van der Waals surface area contributed by atoms with Crippen molar-refractivity contribution in [1.82, 2.24) is 15.2 Å². The Labute approximate surface area is 336 Å². The molecule has 0 bridgehead atoms. The van der Waals surface area contributed by atoms with Gasteiger partial charge in [-0.1, -0.05) is 101 Å². The number of carbonyl (C=O) groups excluding carboxylic acids is 3. The number of anilines is 1. The zero-order valence-electron chi connectivity index (χ0n) is 31.7. The second kappa shape index (κ2) is 16.5. The third-order valence-electron chi connectivity index (χ3n) is 8.99. The first kappa shape index (κ1) is 40.5. The van der Waals surface area contributed by atoms with E-state index in [4.69, 9.17) is 20.1 Å². The Balaban J connectivity index is 1.37. The third-order valence-corrected chi connectivity index (χ3v) is 11.1. The predicted molar refractivity (Wildman–Crippen MR) is 216 cm³/mol. The molecule has 0 spiro atoms. The summed E-state index contributed by atoms with van der Waals surface area (Å²) in [6.07, 6.45) is 0. The number of nitrogens with zero attached hydrogens (tertiary/aromatic N) is 6. The number of fused-ring (bicyclic) bond motifs is 1. The van der Waals surface area contributed by atoms with Crippen molar-refractivity contribution in [2.24, 2.45) is 10.3 Å². The Morgan fingerprint density at radius 1 is 0.947 bits per heavy atom. The van der Waals surface area contributed by atoms with Crippen LogP contribution >= 0.6 is 23.1 Å². The fourth-order valence-corrected chi connectivity index (χ4v) is 8.40. The number of ether oxygens (including phenoxy) is 1. The average Bonchev–Trinajstić information content (AvgIpc) is 3.65. The number of nitrogens with one attached hydrogen (secondary N) is 2. The highest BCUT2D eigenvalue weighted by atomic mass is 32.2. The zero-order chi connectivity index (χ0) is 41.0. The second-order valence-electron chi connectivity index (χ2n) is 14.6. The van der Waals surface area contributed by atoms with Gasteiger partial charge in [-0.3, -0.25) is 14.5 Å². The van der Waals surface area contributed by atoms with Crippen molar-refractivity contribution in [3.63, 3.8) is 0 Å². The number of oxime groups is 1. The van der Waals surface area contributed by atoms with Crippen molar-refractivity contribution in [3.8, 4) is 0 Å². The van der Waals surface area contributed by atoms with Gasteiger partial charge < -0.3 is 25.3 Å². The normalized spacial score (nSPS) is 17.1. The molecule has 2 aliphatic rings. The number of hydrogen-bond acceptors (Lipinski definition) is 12. The molecule has 294 valence electrons. The van der Waals surface area contributed by atoms with Crippen LogP contribution in [0.25, 0.3) is 10.4 Å². The number of rotatable bonds is 14. The number of azide groups is 1. The van der Waals surface area contributed by atoms with Gasteiger partial charge in [0.25, 0.3) is 11.8 Å². The van der Waals surface area contributed by atoms with E-state index < -0.39 is 51.9 Å². The lowest BCUT2D eigenvalue weighted by Crippen LogP contribution is -2.71. The molecule has 3 heterocycles. The molecule has 1 fully saturated rings. The highest BCUT2D eigenvalue weighted by Gasteiger charge is 2.54. The Morgan fingerprint density at radius 3 is 2.02 bits per heavy atom. The van der Waals surface area contributed by atoms with Gasteiger partial charge in [0.15, 0.2) is 10.8 Å². The molecule has 0 aliphatic carbocycles. The van der Waals surface area contributed by atoms with Crippen LogP contribution in [0.2, 0.25) is 0 Å². The molecule has 1 saturated heterocycles. The fourth-order valence-electron chi connectivity index (χ4n) is 6.32. The molecule has 15 nitrogen and oxygen atoms in total. The number of carboxylic acids is 1. The number of thioether (sulfide) groups is 1. The van der Waals surface area contributed by atoms with E-state index in [9.17, 15) is 24.3 Å². The van der Waals surface area contributed by atoms with Crippen LogP contribution in [0.3, 0.4) is 0 Å². The summed E-state index contributed by atoms with van der Waals surface area (Å²) in [5, 5.41) is 25.2. The number of carbonyl (C=O) groups is 4. The molecule has 6 rings (SSSR count). The molecule has 0 saturated carbocycles. The van der Waals surface area contributed by atoms with E-state index in [1.165, 1.54) is 36.9 Å². The molecule has 17 heteroatoms. The van der Waals surface area contributed by atoms with Crippen LogP contribution in [-0.2, 0) is 34.3 Å². The highest BCUT2D eigenvalue weighted by molar-refractivity contribution is 8.00. The molecule has 4 aromatic rings. The van der Waals surface area contributed by atoms with Crippen molar-refractivity contribution in [2.45, 2.75) is 62.8 Å². The first-order chi connectivity index (χ1) is 27.2. The maximum Gasteiger partial charge on any atom is 0.353 e. The van der Waals surface area contributed by atoms with E-state index in [2.05, 4.69) is 25.8 Å². The molecule has 1 aromatic heterocycles. The van der Waals surface area contributed by atoms with Gasteiger partial charge in [0, 0.05) is 16.0 Å². The molecular weight excluding hydrogens is 769 g/mol. The number of thiazole rings is 1. The summed E-state index contributed by atoms with van der Waals surface area (Å²) < 4.78 is 5.52. The average molecular weight is 809 g/mol. The predicted octanol–water partition coefficient (Wildman–Crippen LogP) is 6.44. The summed E-state index contributed by atoms with van der Waals surface area (Å²) in [4.78, 5) is 67.3. The molecule has 0 radical (unpaired) electrons. The number of aliphatic carboxylic acids is 1. The molecular formula is C40H40N8O7S2. The minimum absolute atomic E-state index is 0.0748. The molecule has 2 atom stereocenters. The highest BCUT2D eigenvalue weighted by Crippen LogP contribution is 2.42. The van der Waals surface area contributed by atoms with Gasteiger partial charge in [-0.15, -0.1) is 23.1 Å². The van der Waals surface area contributed by atoms with E-state index in [0.29, 0.717) is 5.13 Å². The summed E-state index contributed by atoms with van der Waals surface area (Å²) >= 11 is 2.42. The lowest BCUT2D eigenvalue weighted by molar-refractivity contribution is -0.179. The van der Waals surface area contributed by atoms with Gasteiger partial charge in [-0.05, 0) is 62.4 Å². The number of hydrogen-bond donors (Lipinski definition) is 3. The van der Waals surface area contributed by atoms with Crippen LogP contribution < -0.4 is 10.6 Å². The molecule has 2 aliphatic heterocycles. The molecule has 3 aromatic carbocycles. The van der Waals surface area contributed by atoms with Crippen LogP contribution in [0.4, 0.5) is 5.13 Å². The van der Waals surface area contributed by atoms with E-state index in [-0.39, 0.29) is 35.0 Å². The Kier molecular flexibility index (Phi) is 11.7. The minimum Gasteiger partial charge on any atom is -0.477 e. The maximum atomic E-state index is 14.2. The quantitative estimate of drug-likeness (QED) is 0.0186. The standard InChI is InChI=1S/C40H40N8O7S2/c1-38(2,3)54-36(53)39(4,5)55-46-29(32(49)44-30-33(50)48-31(35(51)52)24(21-42-47-41)22-56-34(30)48)28-23-57-37(43-28)45-40(25-15-9-6-10-16-25,26-17-11-7-12-18-26)27-19-13-8-14-20-27/h6-20,23,30,34H,21-22H2,1-5H3,(H,43,45)(H,44,49)(H,51,52)/b46-29-/t30?,34-/m1/s1. The topological polar surface area (TPSA) is 208 Å². The molecule has 3 N–H and O–H groups in total. The number of β-lactam (4-membered cyclic amide) rings is 1. The van der Waals surface area contributed by atoms with Gasteiger partial charge >= 0.3 is 11.9 Å². The van der Waals surface area contributed by atoms with Crippen LogP contribution in [-0.4, -0.2) is 79.4 Å². The van der Waals surface area contributed by atoms with Crippen LogP contribution in [0.15, 0.2) is 118 Å². The summed E-state index contributed by atoms with van der Waals surface area (Å²) in [6.45, 7) is 7.80. The largest absolute Gasteiger partial charge is 0.477 e. The Hall–Kier alpha value is -6.16. The minimum atomic E-state index is -1.65. The van der Waals surface area contributed by atoms with E-state index in [1.807, 2.05) is 91.0 Å². The summed E-state index contributed by atoms with van der Waals surface area (Å²) in [5.41, 5.74) is 7.84.